The maximum Gasteiger partial charge on any atom is 0.228 e. The summed E-state index contributed by atoms with van der Waals surface area (Å²) in [6, 6.07) is 8.00. The molecule has 2 N–H and O–H groups in total. The summed E-state index contributed by atoms with van der Waals surface area (Å²) in [5.74, 6) is 0.979. The molecule has 136 valence electrons. The van der Waals surface area contributed by atoms with Crippen molar-refractivity contribution in [2.75, 3.05) is 40.0 Å². The molecule has 6 heteroatoms. The van der Waals surface area contributed by atoms with E-state index in [4.69, 9.17) is 9.47 Å². The van der Waals surface area contributed by atoms with Gasteiger partial charge in [0.05, 0.1) is 18.6 Å². The van der Waals surface area contributed by atoms with Gasteiger partial charge in [-0.15, -0.1) is 12.4 Å². The van der Waals surface area contributed by atoms with Gasteiger partial charge in [-0.1, -0.05) is 17.7 Å². The van der Waals surface area contributed by atoms with E-state index in [0.29, 0.717) is 19.8 Å². The van der Waals surface area contributed by atoms with E-state index in [-0.39, 0.29) is 23.7 Å². The second-order valence-electron chi connectivity index (χ2n) is 6.23. The van der Waals surface area contributed by atoms with Gasteiger partial charge in [0.25, 0.3) is 0 Å². The van der Waals surface area contributed by atoms with E-state index in [2.05, 4.69) is 17.6 Å². The van der Waals surface area contributed by atoms with E-state index < -0.39 is 0 Å². The van der Waals surface area contributed by atoms with Crippen LogP contribution >= 0.6 is 12.4 Å². The molecule has 0 radical (unpaired) electrons. The number of benzene rings is 1. The van der Waals surface area contributed by atoms with Gasteiger partial charge in [-0.25, -0.2) is 0 Å². The molecule has 2 rings (SSSR count). The monoisotopic (exact) mass is 356 g/mol. The summed E-state index contributed by atoms with van der Waals surface area (Å²) in [7, 11) is 1.66. The van der Waals surface area contributed by atoms with Gasteiger partial charge in [-0.2, -0.15) is 0 Å². The van der Waals surface area contributed by atoms with Crippen molar-refractivity contribution in [2.45, 2.75) is 26.2 Å². The van der Waals surface area contributed by atoms with E-state index in [9.17, 15) is 4.79 Å². The van der Waals surface area contributed by atoms with Crippen molar-refractivity contribution >= 4 is 18.3 Å². The predicted molar refractivity (Wildman–Crippen MR) is 98.0 cm³/mol. The molecule has 0 atom stereocenters. The first-order chi connectivity index (χ1) is 11.2. The highest BCUT2D eigenvalue weighted by Crippen LogP contribution is 2.29. The topological polar surface area (TPSA) is 59.6 Å². The van der Waals surface area contributed by atoms with Crippen LogP contribution in [0.15, 0.2) is 24.3 Å². The number of halogens is 1. The van der Waals surface area contributed by atoms with Gasteiger partial charge in [0.15, 0.2) is 0 Å². The Morgan fingerprint density at radius 1 is 1.25 bits per heavy atom. The quantitative estimate of drug-likeness (QED) is 0.702. The maximum atomic E-state index is 12.5. The van der Waals surface area contributed by atoms with Crippen LogP contribution in [0.25, 0.3) is 0 Å². The molecular formula is C18H29ClN2O3. The molecular weight excluding hydrogens is 328 g/mol. The van der Waals surface area contributed by atoms with E-state index in [0.717, 1.165) is 38.1 Å². The number of hydrogen-bond acceptors (Lipinski definition) is 4. The van der Waals surface area contributed by atoms with E-state index >= 15 is 0 Å². The third-order valence-electron chi connectivity index (χ3n) is 4.36. The predicted octanol–water partition coefficient (Wildman–Crippen LogP) is 2.32. The normalized spacial score (nSPS) is 16.1. The van der Waals surface area contributed by atoms with Crippen LogP contribution in [0.5, 0.6) is 5.75 Å². The fourth-order valence-electron chi connectivity index (χ4n) is 2.90. The molecule has 1 aliphatic rings. The summed E-state index contributed by atoms with van der Waals surface area (Å²) in [6.07, 6.45) is 2.44. The minimum atomic E-state index is -0.377. The molecule has 1 aromatic rings. The number of ether oxygens (including phenoxy) is 2. The van der Waals surface area contributed by atoms with E-state index in [1.54, 1.807) is 7.11 Å². The second kappa shape index (κ2) is 10.5. The van der Waals surface area contributed by atoms with Crippen LogP contribution in [0.2, 0.25) is 0 Å². The Labute approximate surface area is 150 Å². The molecule has 0 saturated carbocycles. The number of hydrogen-bond donors (Lipinski definition) is 2. The molecule has 1 saturated heterocycles. The number of nitrogens with one attached hydrogen (secondary N) is 2. The van der Waals surface area contributed by atoms with Gasteiger partial charge in [-0.3, -0.25) is 4.79 Å². The third kappa shape index (κ3) is 5.96. The lowest BCUT2D eigenvalue weighted by atomic mass is 9.78. The Hall–Kier alpha value is -1.30. The van der Waals surface area contributed by atoms with Gasteiger partial charge in [0.1, 0.15) is 5.75 Å². The summed E-state index contributed by atoms with van der Waals surface area (Å²) in [5, 5.41) is 6.34. The number of carbonyl (C=O) groups excluding carboxylic acids is 1. The highest BCUT2D eigenvalue weighted by atomic mass is 35.5. The number of aryl methyl sites for hydroxylation is 1. The first-order valence-corrected chi connectivity index (χ1v) is 8.34. The van der Waals surface area contributed by atoms with Crippen LogP contribution in [-0.4, -0.2) is 45.9 Å². The fraction of sp³-hybridized carbons (Fsp3) is 0.611. The van der Waals surface area contributed by atoms with Crippen LogP contribution < -0.4 is 15.4 Å². The van der Waals surface area contributed by atoms with Gasteiger partial charge in [0.2, 0.25) is 5.91 Å². The van der Waals surface area contributed by atoms with Crippen molar-refractivity contribution in [3.63, 3.8) is 0 Å². The van der Waals surface area contributed by atoms with Crippen molar-refractivity contribution in [1.29, 1.82) is 0 Å². The molecule has 1 amide bonds. The second-order valence-corrected chi connectivity index (χ2v) is 6.23. The number of piperidine rings is 1. The molecule has 24 heavy (non-hydrogen) atoms. The first-order valence-electron chi connectivity index (χ1n) is 8.34. The molecule has 0 spiro atoms. The van der Waals surface area contributed by atoms with Crippen LogP contribution in [-0.2, 0) is 9.53 Å². The molecule has 1 fully saturated rings. The Balaban J connectivity index is 0.00000288. The average Bonchev–Trinajstić information content (AvgIpc) is 2.57. The largest absolute Gasteiger partial charge is 0.494 e. The zero-order valence-electron chi connectivity index (χ0n) is 14.6. The fourth-order valence-corrected chi connectivity index (χ4v) is 2.90. The summed E-state index contributed by atoms with van der Waals surface area (Å²) < 4.78 is 11.0. The van der Waals surface area contributed by atoms with Crippen LogP contribution in [0.1, 0.15) is 24.8 Å². The van der Waals surface area contributed by atoms with Crippen LogP contribution in [0, 0.1) is 12.3 Å². The molecule has 5 nitrogen and oxygen atoms in total. The lowest BCUT2D eigenvalue weighted by Crippen LogP contribution is -2.50. The van der Waals surface area contributed by atoms with Gasteiger partial charge < -0.3 is 20.1 Å². The molecule has 1 heterocycles. The van der Waals surface area contributed by atoms with Crippen molar-refractivity contribution in [3.8, 4) is 5.75 Å². The molecule has 0 bridgehead atoms. The minimum Gasteiger partial charge on any atom is -0.494 e. The number of methoxy groups -OCH3 is 1. The number of amides is 1. The van der Waals surface area contributed by atoms with Gasteiger partial charge in [0, 0.05) is 13.7 Å². The van der Waals surface area contributed by atoms with Crippen molar-refractivity contribution in [2.24, 2.45) is 5.41 Å². The summed E-state index contributed by atoms with van der Waals surface area (Å²) >= 11 is 0. The zero-order chi connectivity index (χ0) is 16.5. The van der Waals surface area contributed by atoms with Gasteiger partial charge in [-0.05, 0) is 51.4 Å². The Bertz CT molecular complexity index is 482. The number of rotatable bonds is 8. The summed E-state index contributed by atoms with van der Waals surface area (Å²) in [6.45, 7) is 5.50. The Morgan fingerprint density at radius 2 is 1.92 bits per heavy atom. The molecule has 0 unspecified atom stereocenters. The highest BCUT2D eigenvalue weighted by Gasteiger charge is 2.39. The lowest BCUT2D eigenvalue weighted by Gasteiger charge is -2.35. The first kappa shape index (κ1) is 20.7. The van der Waals surface area contributed by atoms with Crippen LogP contribution in [0.4, 0.5) is 0 Å². The third-order valence-corrected chi connectivity index (χ3v) is 4.36. The summed E-state index contributed by atoms with van der Waals surface area (Å²) in [5.41, 5.74) is 0.840. The van der Waals surface area contributed by atoms with E-state index in [1.165, 1.54) is 5.56 Å². The standard InChI is InChI=1S/C18H28N2O3.ClH/c1-15-4-6-16(7-5-15)23-13-3-10-20-17(21)18(14-22-2)8-11-19-12-9-18;/h4-7,19H,3,8-14H2,1-2H3,(H,20,21);1H. The van der Waals surface area contributed by atoms with E-state index in [1.807, 2.05) is 24.3 Å². The minimum absolute atomic E-state index is 0. The average molecular weight is 357 g/mol. The van der Waals surface area contributed by atoms with Crippen molar-refractivity contribution in [1.82, 2.24) is 10.6 Å². The Morgan fingerprint density at radius 3 is 2.54 bits per heavy atom. The zero-order valence-corrected chi connectivity index (χ0v) is 15.4. The molecule has 0 aliphatic carbocycles. The molecule has 1 aliphatic heterocycles. The van der Waals surface area contributed by atoms with Gasteiger partial charge >= 0.3 is 0 Å². The maximum absolute atomic E-state index is 12.5. The molecule has 0 aromatic heterocycles. The van der Waals surface area contributed by atoms with Crippen molar-refractivity contribution < 1.29 is 14.3 Å². The molecule has 1 aromatic carbocycles. The SMILES string of the molecule is COCC1(C(=O)NCCCOc2ccc(C)cc2)CCNCC1.Cl. The van der Waals surface area contributed by atoms with Crippen LogP contribution in [0.3, 0.4) is 0 Å². The Kier molecular flexibility index (Phi) is 9.11. The number of carbonyl (C=O) groups is 1. The smallest absolute Gasteiger partial charge is 0.228 e. The van der Waals surface area contributed by atoms with Crippen molar-refractivity contribution in [3.05, 3.63) is 29.8 Å². The lowest BCUT2D eigenvalue weighted by molar-refractivity contribution is -0.136. The highest BCUT2D eigenvalue weighted by molar-refractivity contribution is 5.85. The summed E-state index contributed by atoms with van der Waals surface area (Å²) in [4.78, 5) is 12.5.